The SMILES string of the molecule is Cc1ccccc1S(=O)(=O)NCc1nnc(C(=O)Nc2ccccc2)s1. The molecule has 0 unspecified atom stereocenters. The molecule has 1 amide bonds. The van der Waals surface area contributed by atoms with Gasteiger partial charge in [-0.15, -0.1) is 10.2 Å². The number of para-hydroxylation sites is 1. The van der Waals surface area contributed by atoms with Crippen LogP contribution in [-0.4, -0.2) is 24.5 Å². The lowest BCUT2D eigenvalue weighted by atomic mass is 10.2. The summed E-state index contributed by atoms with van der Waals surface area (Å²) in [6.07, 6.45) is 0. The van der Waals surface area contributed by atoms with E-state index in [4.69, 9.17) is 0 Å². The average molecular weight is 388 g/mol. The summed E-state index contributed by atoms with van der Waals surface area (Å²) in [6.45, 7) is 1.69. The highest BCUT2D eigenvalue weighted by Crippen LogP contribution is 2.16. The fourth-order valence-electron chi connectivity index (χ4n) is 2.22. The Bertz CT molecular complexity index is 1020. The molecular formula is C17H16N4O3S2. The molecule has 0 saturated carbocycles. The fraction of sp³-hybridized carbons (Fsp3) is 0.118. The van der Waals surface area contributed by atoms with Gasteiger partial charge in [0.15, 0.2) is 0 Å². The van der Waals surface area contributed by atoms with Gasteiger partial charge in [0.25, 0.3) is 5.91 Å². The number of amides is 1. The lowest BCUT2D eigenvalue weighted by molar-refractivity contribution is 0.102. The zero-order chi connectivity index (χ0) is 18.6. The van der Waals surface area contributed by atoms with Crippen molar-refractivity contribution in [2.45, 2.75) is 18.4 Å². The van der Waals surface area contributed by atoms with Crippen LogP contribution >= 0.6 is 11.3 Å². The quantitative estimate of drug-likeness (QED) is 0.676. The molecule has 26 heavy (non-hydrogen) atoms. The molecule has 0 saturated heterocycles. The third kappa shape index (κ3) is 4.31. The predicted molar refractivity (Wildman–Crippen MR) is 99.5 cm³/mol. The number of anilines is 1. The molecular weight excluding hydrogens is 372 g/mol. The van der Waals surface area contributed by atoms with Gasteiger partial charge in [0.05, 0.1) is 11.4 Å². The van der Waals surface area contributed by atoms with E-state index in [2.05, 4.69) is 20.2 Å². The highest BCUT2D eigenvalue weighted by molar-refractivity contribution is 7.89. The first-order valence-electron chi connectivity index (χ1n) is 7.70. The van der Waals surface area contributed by atoms with E-state index in [0.717, 1.165) is 11.3 Å². The van der Waals surface area contributed by atoms with E-state index in [1.54, 1.807) is 37.3 Å². The zero-order valence-electron chi connectivity index (χ0n) is 13.8. The highest BCUT2D eigenvalue weighted by atomic mass is 32.2. The first-order valence-corrected chi connectivity index (χ1v) is 10.00. The molecule has 0 aliphatic heterocycles. The number of carbonyl (C=O) groups excluding carboxylic acids is 1. The van der Waals surface area contributed by atoms with Crippen molar-refractivity contribution in [2.75, 3.05) is 5.32 Å². The Morgan fingerprint density at radius 3 is 2.46 bits per heavy atom. The fourth-order valence-corrected chi connectivity index (χ4v) is 4.21. The maximum Gasteiger partial charge on any atom is 0.286 e. The molecule has 0 spiro atoms. The molecule has 3 rings (SSSR count). The number of rotatable bonds is 6. The summed E-state index contributed by atoms with van der Waals surface area (Å²) in [4.78, 5) is 12.4. The Labute approximate surface area is 155 Å². The van der Waals surface area contributed by atoms with Gasteiger partial charge in [-0.2, -0.15) is 0 Å². The van der Waals surface area contributed by atoms with E-state index in [0.29, 0.717) is 16.3 Å². The van der Waals surface area contributed by atoms with Gasteiger partial charge in [-0.25, -0.2) is 13.1 Å². The number of aryl methyl sites for hydroxylation is 1. The van der Waals surface area contributed by atoms with Gasteiger partial charge >= 0.3 is 0 Å². The summed E-state index contributed by atoms with van der Waals surface area (Å²) in [5.41, 5.74) is 1.30. The minimum atomic E-state index is -3.66. The highest BCUT2D eigenvalue weighted by Gasteiger charge is 2.18. The van der Waals surface area contributed by atoms with E-state index < -0.39 is 10.0 Å². The van der Waals surface area contributed by atoms with Gasteiger partial charge in [-0.05, 0) is 30.7 Å². The summed E-state index contributed by atoms with van der Waals surface area (Å²) in [5.74, 6) is -0.387. The van der Waals surface area contributed by atoms with Crippen LogP contribution in [0.25, 0.3) is 0 Å². The van der Waals surface area contributed by atoms with Gasteiger partial charge < -0.3 is 5.32 Å². The van der Waals surface area contributed by atoms with Crippen LogP contribution in [0.4, 0.5) is 5.69 Å². The van der Waals surface area contributed by atoms with Crippen LogP contribution in [0.2, 0.25) is 0 Å². The van der Waals surface area contributed by atoms with Crippen LogP contribution in [0.3, 0.4) is 0 Å². The Hall–Kier alpha value is -2.62. The van der Waals surface area contributed by atoms with Crippen molar-refractivity contribution in [3.63, 3.8) is 0 Å². The summed E-state index contributed by atoms with van der Waals surface area (Å²) in [7, 11) is -3.66. The topological polar surface area (TPSA) is 101 Å². The minimum absolute atomic E-state index is 0.0348. The van der Waals surface area contributed by atoms with Gasteiger partial charge in [0, 0.05) is 5.69 Å². The average Bonchev–Trinajstić information content (AvgIpc) is 3.10. The number of hydrogen-bond acceptors (Lipinski definition) is 6. The van der Waals surface area contributed by atoms with Crippen LogP contribution in [0.5, 0.6) is 0 Å². The number of benzene rings is 2. The molecule has 7 nitrogen and oxygen atoms in total. The minimum Gasteiger partial charge on any atom is -0.320 e. The van der Waals surface area contributed by atoms with Crippen LogP contribution in [0, 0.1) is 6.92 Å². The van der Waals surface area contributed by atoms with Crippen molar-refractivity contribution in [3.8, 4) is 0 Å². The molecule has 2 N–H and O–H groups in total. The maximum atomic E-state index is 12.4. The Kier molecular flexibility index (Phi) is 5.40. The second kappa shape index (κ2) is 7.73. The molecule has 134 valence electrons. The van der Waals surface area contributed by atoms with E-state index in [1.807, 2.05) is 18.2 Å². The Morgan fingerprint density at radius 2 is 1.73 bits per heavy atom. The van der Waals surface area contributed by atoms with Crippen molar-refractivity contribution in [2.24, 2.45) is 0 Å². The molecule has 3 aromatic rings. The number of sulfonamides is 1. The van der Waals surface area contributed by atoms with Crippen molar-refractivity contribution in [1.82, 2.24) is 14.9 Å². The molecule has 0 atom stereocenters. The summed E-state index contributed by atoms with van der Waals surface area (Å²) in [6, 6.07) is 15.7. The summed E-state index contributed by atoms with van der Waals surface area (Å²) in [5, 5.41) is 11.0. The standard InChI is InChI=1S/C17H16N4O3S2/c1-12-7-5-6-10-14(12)26(23,24)18-11-15-20-21-17(25-15)16(22)19-13-8-3-2-4-9-13/h2-10,18H,11H2,1H3,(H,19,22). The Morgan fingerprint density at radius 1 is 1.04 bits per heavy atom. The number of nitrogens with one attached hydrogen (secondary N) is 2. The molecule has 0 fully saturated rings. The van der Waals surface area contributed by atoms with Gasteiger partial charge in [0.1, 0.15) is 5.01 Å². The first-order chi connectivity index (χ1) is 12.5. The van der Waals surface area contributed by atoms with E-state index in [9.17, 15) is 13.2 Å². The monoisotopic (exact) mass is 388 g/mol. The maximum absolute atomic E-state index is 12.4. The summed E-state index contributed by atoms with van der Waals surface area (Å²) < 4.78 is 27.2. The third-order valence-corrected chi connectivity index (χ3v) is 5.97. The lowest BCUT2D eigenvalue weighted by Crippen LogP contribution is -2.23. The van der Waals surface area contributed by atoms with Crippen LogP contribution in [0.1, 0.15) is 20.4 Å². The summed E-state index contributed by atoms with van der Waals surface area (Å²) >= 11 is 1.04. The second-order valence-corrected chi connectivity index (χ2v) is 8.21. The molecule has 0 bridgehead atoms. The zero-order valence-corrected chi connectivity index (χ0v) is 15.5. The lowest BCUT2D eigenvalue weighted by Gasteiger charge is -2.07. The van der Waals surface area contributed by atoms with Crippen molar-refractivity contribution in [3.05, 3.63) is 70.2 Å². The number of carbonyl (C=O) groups is 1. The van der Waals surface area contributed by atoms with E-state index >= 15 is 0 Å². The second-order valence-electron chi connectivity index (χ2n) is 5.41. The van der Waals surface area contributed by atoms with Crippen LogP contribution in [0.15, 0.2) is 59.5 Å². The molecule has 0 radical (unpaired) electrons. The molecule has 1 heterocycles. The normalized spacial score (nSPS) is 11.3. The van der Waals surface area contributed by atoms with Crippen molar-refractivity contribution >= 4 is 33.0 Å². The number of aromatic nitrogens is 2. The van der Waals surface area contributed by atoms with Gasteiger partial charge in [0.2, 0.25) is 15.0 Å². The molecule has 9 heteroatoms. The predicted octanol–water partition coefficient (Wildman–Crippen LogP) is 2.58. The molecule has 0 aliphatic rings. The molecule has 2 aromatic carbocycles. The molecule has 1 aromatic heterocycles. The number of hydrogen-bond donors (Lipinski definition) is 2. The van der Waals surface area contributed by atoms with Crippen LogP contribution < -0.4 is 10.0 Å². The van der Waals surface area contributed by atoms with E-state index in [1.165, 1.54) is 6.07 Å². The van der Waals surface area contributed by atoms with Crippen LogP contribution in [-0.2, 0) is 16.6 Å². The third-order valence-electron chi connectivity index (χ3n) is 3.49. The van der Waals surface area contributed by atoms with Crippen molar-refractivity contribution < 1.29 is 13.2 Å². The largest absolute Gasteiger partial charge is 0.320 e. The van der Waals surface area contributed by atoms with E-state index in [-0.39, 0.29) is 22.4 Å². The van der Waals surface area contributed by atoms with Gasteiger partial charge in [-0.3, -0.25) is 4.79 Å². The Balaban J connectivity index is 1.65. The number of nitrogens with zero attached hydrogens (tertiary/aromatic N) is 2. The first kappa shape index (κ1) is 18.2. The smallest absolute Gasteiger partial charge is 0.286 e. The van der Waals surface area contributed by atoms with Crippen molar-refractivity contribution in [1.29, 1.82) is 0 Å². The molecule has 0 aliphatic carbocycles. The van der Waals surface area contributed by atoms with Gasteiger partial charge in [-0.1, -0.05) is 47.7 Å².